The minimum atomic E-state index is -0.372. The van der Waals surface area contributed by atoms with E-state index in [9.17, 15) is 4.79 Å². The Morgan fingerprint density at radius 2 is 1.96 bits per heavy atom. The van der Waals surface area contributed by atoms with Crippen molar-refractivity contribution in [2.75, 3.05) is 6.61 Å². The molecule has 0 saturated carbocycles. The van der Waals surface area contributed by atoms with Crippen LogP contribution in [0.25, 0.3) is 11.3 Å². The van der Waals surface area contributed by atoms with Gasteiger partial charge in [-0.1, -0.05) is 12.0 Å². The molecule has 6 nitrogen and oxygen atoms in total. The molecule has 3 rings (SSSR count). The van der Waals surface area contributed by atoms with E-state index >= 15 is 0 Å². The first-order chi connectivity index (χ1) is 13.7. The normalized spacial score (nSPS) is 14.8. The maximum Gasteiger partial charge on any atom is 0.291 e. The van der Waals surface area contributed by atoms with E-state index in [-0.39, 0.29) is 11.6 Å². The van der Waals surface area contributed by atoms with Gasteiger partial charge in [0.25, 0.3) is 5.91 Å². The molecule has 0 spiro atoms. The first-order valence-corrected chi connectivity index (χ1v) is 9.74. The molecule has 1 aliphatic rings. The highest BCUT2D eigenvalue weighted by Gasteiger charge is 2.10. The van der Waals surface area contributed by atoms with Crippen LogP contribution < -0.4 is 10.2 Å². The molecular weight excluding hydrogens is 352 g/mol. The Labute approximate surface area is 165 Å². The van der Waals surface area contributed by atoms with Crippen LogP contribution in [0.4, 0.5) is 0 Å². The second-order valence-corrected chi connectivity index (χ2v) is 6.81. The number of benzene rings is 1. The average Bonchev–Trinajstić information content (AvgIpc) is 2.93. The van der Waals surface area contributed by atoms with Crippen molar-refractivity contribution >= 4 is 12.1 Å². The first-order valence-electron chi connectivity index (χ1n) is 9.74. The molecule has 28 heavy (non-hydrogen) atoms. The molecule has 0 radical (unpaired) electrons. The van der Waals surface area contributed by atoms with E-state index in [4.69, 9.17) is 4.74 Å². The van der Waals surface area contributed by atoms with Crippen LogP contribution in [0.15, 0.2) is 52.9 Å². The first kappa shape index (κ1) is 19.7. The van der Waals surface area contributed by atoms with E-state index in [2.05, 4.69) is 27.4 Å². The van der Waals surface area contributed by atoms with Crippen molar-refractivity contribution in [2.45, 2.75) is 46.0 Å². The number of hydrogen-bond donors (Lipinski definition) is 1. The lowest BCUT2D eigenvalue weighted by atomic mass is 10.1. The van der Waals surface area contributed by atoms with Crippen molar-refractivity contribution < 1.29 is 9.53 Å². The number of nitrogens with zero attached hydrogens (tertiary/aromatic N) is 3. The topological polar surface area (TPSA) is 76.5 Å². The molecule has 1 N–H and O–H groups in total. The molecule has 0 unspecified atom stereocenters. The summed E-state index contributed by atoms with van der Waals surface area (Å²) in [6.45, 7) is 4.70. The molecule has 1 aromatic carbocycles. The van der Waals surface area contributed by atoms with Crippen LogP contribution in [0.3, 0.4) is 0 Å². The van der Waals surface area contributed by atoms with E-state index in [0.29, 0.717) is 12.3 Å². The number of amides is 1. The summed E-state index contributed by atoms with van der Waals surface area (Å²) in [5.41, 5.74) is 6.86. The molecule has 0 atom stereocenters. The zero-order valence-electron chi connectivity index (χ0n) is 16.4. The van der Waals surface area contributed by atoms with E-state index in [1.807, 2.05) is 31.2 Å². The zero-order valence-corrected chi connectivity index (χ0v) is 16.4. The van der Waals surface area contributed by atoms with Crippen molar-refractivity contribution in [2.24, 2.45) is 5.10 Å². The number of ether oxygens (including phenoxy) is 1. The van der Waals surface area contributed by atoms with Gasteiger partial charge in [-0.15, -0.1) is 0 Å². The molecule has 0 bridgehead atoms. The van der Waals surface area contributed by atoms with Crippen molar-refractivity contribution in [3.05, 3.63) is 53.5 Å². The van der Waals surface area contributed by atoms with E-state index in [1.165, 1.54) is 36.6 Å². The number of aromatic nitrogens is 2. The molecule has 1 amide bonds. The van der Waals surface area contributed by atoms with Crippen LogP contribution in [0.2, 0.25) is 0 Å². The van der Waals surface area contributed by atoms with Gasteiger partial charge in [0.2, 0.25) is 0 Å². The van der Waals surface area contributed by atoms with Gasteiger partial charge in [0, 0.05) is 5.56 Å². The number of carbonyl (C=O) groups is 1. The van der Waals surface area contributed by atoms with Crippen LogP contribution in [-0.2, 0) is 0 Å². The number of allylic oxidation sites excluding steroid dienone is 2. The monoisotopic (exact) mass is 378 g/mol. The summed E-state index contributed by atoms with van der Waals surface area (Å²) < 4.78 is 5.45. The Hall–Kier alpha value is -3.02. The number of hydrogen-bond acceptors (Lipinski definition) is 5. The highest BCUT2D eigenvalue weighted by atomic mass is 16.5. The van der Waals surface area contributed by atoms with Crippen LogP contribution in [0, 0.1) is 0 Å². The second-order valence-electron chi connectivity index (χ2n) is 6.81. The Bertz CT molecular complexity index is 872. The van der Waals surface area contributed by atoms with Crippen molar-refractivity contribution in [3.8, 4) is 17.0 Å². The smallest absolute Gasteiger partial charge is 0.291 e. The van der Waals surface area contributed by atoms with E-state index < -0.39 is 0 Å². The quantitative estimate of drug-likeness (QED) is 0.591. The number of carbonyl (C=O) groups excluding carboxylic acids is 1. The molecule has 0 saturated heterocycles. The molecular formula is C22H26N4O2. The molecule has 0 fully saturated rings. The standard InChI is InChI=1S/C22H26N4O2/c1-3-28-19-11-9-17(10-12-19)20-14-23-15-21(25-20)22(27)26-24-13-18-8-6-4-5-7-16(18)2/h9-15H,3-8H2,1-2H3,(H,26,27). The number of nitrogens with one attached hydrogen (secondary N) is 1. The van der Waals surface area contributed by atoms with Gasteiger partial charge in [-0.3, -0.25) is 9.78 Å². The van der Waals surface area contributed by atoms with Crippen molar-refractivity contribution in [1.29, 1.82) is 0 Å². The van der Waals surface area contributed by atoms with Crippen LogP contribution in [0.1, 0.15) is 56.4 Å². The minimum absolute atomic E-state index is 0.232. The zero-order chi connectivity index (χ0) is 19.8. The highest BCUT2D eigenvalue weighted by molar-refractivity contribution is 5.93. The minimum Gasteiger partial charge on any atom is -0.494 e. The van der Waals surface area contributed by atoms with Crippen molar-refractivity contribution in [3.63, 3.8) is 0 Å². The lowest BCUT2D eigenvalue weighted by Gasteiger charge is -2.06. The fourth-order valence-electron chi connectivity index (χ4n) is 3.16. The van der Waals surface area contributed by atoms with Crippen LogP contribution in [-0.4, -0.2) is 28.7 Å². The van der Waals surface area contributed by atoms with Crippen LogP contribution >= 0.6 is 0 Å². The predicted octanol–water partition coefficient (Wildman–Crippen LogP) is 4.54. The summed E-state index contributed by atoms with van der Waals surface area (Å²) in [5.74, 6) is 0.425. The number of rotatable bonds is 6. The van der Waals surface area contributed by atoms with Crippen LogP contribution in [0.5, 0.6) is 5.75 Å². The lowest BCUT2D eigenvalue weighted by molar-refractivity contribution is 0.0950. The van der Waals surface area contributed by atoms with Crippen molar-refractivity contribution in [1.82, 2.24) is 15.4 Å². The molecule has 6 heteroatoms. The Morgan fingerprint density at radius 1 is 1.18 bits per heavy atom. The van der Waals surface area contributed by atoms with Gasteiger partial charge in [-0.05, 0) is 69.4 Å². The Morgan fingerprint density at radius 3 is 2.75 bits per heavy atom. The highest BCUT2D eigenvalue weighted by Crippen LogP contribution is 2.22. The maximum atomic E-state index is 12.4. The SMILES string of the molecule is CCOc1ccc(-c2cncc(C(=O)NN=CC3=C(C)CCCCC3)n2)cc1. The third kappa shape index (κ3) is 5.25. The van der Waals surface area contributed by atoms with Gasteiger partial charge in [0.05, 0.1) is 30.9 Å². The van der Waals surface area contributed by atoms with Gasteiger partial charge < -0.3 is 4.74 Å². The van der Waals surface area contributed by atoms with Gasteiger partial charge in [0.1, 0.15) is 11.4 Å². The summed E-state index contributed by atoms with van der Waals surface area (Å²) in [7, 11) is 0. The second kappa shape index (κ2) is 9.78. The van der Waals surface area contributed by atoms with Gasteiger partial charge >= 0.3 is 0 Å². The molecule has 1 aromatic heterocycles. The molecule has 2 aromatic rings. The molecule has 1 heterocycles. The third-order valence-corrected chi connectivity index (χ3v) is 4.76. The summed E-state index contributed by atoms with van der Waals surface area (Å²) in [6.07, 6.45) is 10.6. The summed E-state index contributed by atoms with van der Waals surface area (Å²) in [4.78, 5) is 21.0. The largest absolute Gasteiger partial charge is 0.494 e. The molecule has 146 valence electrons. The summed E-state index contributed by atoms with van der Waals surface area (Å²) in [6, 6.07) is 7.55. The predicted molar refractivity (Wildman–Crippen MR) is 110 cm³/mol. The average molecular weight is 378 g/mol. The molecule has 0 aliphatic heterocycles. The fourth-order valence-corrected chi connectivity index (χ4v) is 3.16. The lowest BCUT2D eigenvalue weighted by Crippen LogP contribution is -2.19. The van der Waals surface area contributed by atoms with E-state index in [1.54, 1.807) is 12.4 Å². The third-order valence-electron chi connectivity index (χ3n) is 4.76. The number of hydrazone groups is 1. The Balaban J connectivity index is 1.67. The maximum absolute atomic E-state index is 12.4. The van der Waals surface area contributed by atoms with Gasteiger partial charge in [0.15, 0.2) is 0 Å². The van der Waals surface area contributed by atoms with E-state index in [0.717, 1.165) is 24.2 Å². The summed E-state index contributed by atoms with van der Waals surface area (Å²) >= 11 is 0. The van der Waals surface area contributed by atoms with Gasteiger partial charge in [-0.2, -0.15) is 5.10 Å². The summed E-state index contributed by atoms with van der Waals surface area (Å²) in [5, 5.41) is 4.13. The molecule has 1 aliphatic carbocycles. The van der Waals surface area contributed by atoms with Gasteiger partial charge in [-0.25, -0.2) is 10.4 Å². The fraction of sp³-hybridized carbons (Fsp3) is 0.364. The Kier molecular flexibility index (Phi) is 6.89.